The van der Waals surface area contributed by atoms with Crippen molar-refractivity contribution >= 4 is 28.7 Å². The Kier molecular flexibility index (Phi) is 5.23. The molecule has 0 saturated heterocycles. The van der Waals surface area contributed by atoms with E-state index >= 15 is 0 Å². The normalized spacial score (nSPS) is 10.6. The van der Waals surface area contributed by atoms with Gasteiger partial charge in [-0.15, -0.1) is 6.42 Å². The zero-order valence-corrected chi connectivity index (χ0v) is 16.4. The third kappa shape index (κ3) is 3.82. The number of fused-ring (bicyclic) bond motifs is 2. The number of nitrogens with one attached hydrogen (secondary N) is 1. The van der Waals surface area contributed by atoms with Gasteiger partial charge in [0.25, 0.3) is 0 Å². The number of rotatable bonds is 4. The molecule has 0 bridgehead atoms. The van der Waals surface area contributed by atoms with Gasteiger partial charge < -0.3 is 19.4 Å². The second-order valence-electron chi connectivity index (χ2n) is 6.79. The fraction of sp³-hybridized carbons (Fsp3) is 0.0417. The summed E-state index contributed by atoms with van der Waals surface area (Å²) >= 11 is 0. The summed E-state index contributed by atoms with van der Waals surface area (Å²) in [6, 6.07) is 13.0. The molecule has 1 heterocycles. The molecule has 32 heavy (non-hydrogen) atoms. The molecule has 8 heteroatoms. The van der Waals surface area contributed by atoms with Crippen LogP contribution in [-0.2, 0) is 4.74 Å². The molecular weight excluding hydrogens is 414 g/mol. The third-order valence-corrected chi connectivity index (χ3v) is 4.73. The summed E-state index contributed by atoms with van der Waals surface area (Å²) in [7, 11) is 0. The lowest BCUT2D eigenvalue weighted by molar-refractivity contribution is 0.0697. The van der Waals surface area contributed by atoms with Crippen LogP contribution in [0.1, 0.15) is 10.4 Å². The van der Waals surface area contributed by atoms with Gasteiger partial charge in [0.1, 0.15) is 17.1 Å². The maximum absolute atomic E-state index is 12.1. The van der Waals surface area contributed by atoms with Crippen LogP contribution in [0.5, 0.6) is 5.75 Å². The summed E-state index contributed by atoms with van der Waals surface area (Å²) < 4.78 is 10.5. The van der Waals surface area contributed by atoms with Crippen molar-refractivity contribution in [1.82, 2.24) is 0 Å². The molecule has 0 aromatic heterocycles. The molecule has 8 nitrogen and oxygen atoms in total. The van der Waals surface area contributed by atoms with Gasteiger partial charge in [0, 0.05) is 34.3 Å². The van der Waals surface area contributed by atoms with E-state index in [1.54, 1.807) is 12.1 Å². The Morgan fingerprint density at radius 2 is 1.84 bits per heavy atom. The summed E-state index contributed by atoms with van der Waals surface area (Å²) in [5.74, 6) is 1.12. The van der Waals surface area contributed by atoms with Crippen LogP contribution in [0.4, 0.5) is 10.5 Å². The van der Waals surface area contributed by atoms with Crippen LogP contribution in [0.3, 0.4) is 0 Å². The van der Waals surface area contributed by atoms with Crippen LogP contribution in [0.25, 0.3) is 33.4 Å². The van der Waals surface area contributed by atoms with Gasteiger partial charge in [-0.25, -0.2) is 9.59 Å². The van der Waals surface area contributed by atoms with Gasteiger partial charge in [-0.3, -0.25) is 10.1 Å². The predicted molar refractivity (Wildman–Crippen MR) is 117 cm³/mol. The summed E-state index contributed by atoms with van der Waals surface area (Å²) in [5.41, 5.74) is 1.43. The lowest BCUT2D eigenvalue weighted by atomic mass is 9.90. The topological polar surface area (TPSA) is 126 Å². The van der Waals surface area contributed by atoms with E-state index in [2.05, 4.69) is 11.2 Å². The Morgan fingerprint density at radius 3 is 2.59 bits per heavy atom. The first-order valence-electron chi connectivity index (χ1n) is 9.32. The highest BCUT2D eigenvalue weighted by Crippen LogP contribution is 2.42. The molecule has 2 aromatic carbocycles. The molecule has 2 aliphatic rings. The predicted octanol–water partition coefficient (Wildman–Crippen LogP) is 4.15. The smallest absolute Gasteiger partial charge is 0.412 e. The zero-order chi connectivity index (χ0) is 22.8. The van der Waals surface area contributed by atoms with Crippen LogP contribution in [-0.4, -0.2) is 28.9 Å². The number of ether oxygens (including phenoxy) is 1. The number of benzene rings is 3. The van der Waals surface area contributed by atoms with E-state index in [0.29, 0.717) is 22.1 Å². The van der Waals surface area contributed by atoms with Crippen molar-refractivity contribution in [3.8, 4) is 40.5 Å². The first-order valence-corrected chi connectivity index (χ1v) is 9.32. The standard InChI is InChI=1S/C24H15NO7/c1-2-9-31-24(30)25-13-3-6-16(19(10-13)23(28)29)22-17-7-4-14(26)11-20(17)32-21-12-15(27)5-8-18(21)22/h1,3-8,10-12,26H,9H2,(H,25,30)(H,28,29). The van der Waals surface area contributed by atoms with Crippen molar-refractivity contribution in [2.45, 2.75) is 0 Å². The molecular formula is C24H15NO7. The molecule has 0 saturated carbocycles. The van der Waals surface area contributed by atoms with E-state index in [4.69, 9.17) is 15.6 Å². The van der Waals surface area contributed by atoms with E-state index in [0.717, 1.165) is 0 Å². The van der Waals surface area contributed by atoms with Crippen LogP contribution in [0.2, 0.25) is 0 Å². The Balaban J connectivity index is 1.95. The van der Waals surface area contributed by atoms with Gasteiger partial charge >= 0.3 is 12.1 Å². The SMILES string of the molecule is C#CCOC(=O)Nc1ccc(-c2c3ccc(=O)cc-3oc3cc(O)ccc23)c(C(=O)O)c1. The number of carbonyl (C=O) groups is 2. The van der Waals surface area contributed by atoms with Crippen molar-refractivity contribution in [3.05, 3.63) is 70.4 Å². The number of hydrogen-bond donors (Lipinski definition) is 3. The molecule has 158 valence electrons. The summed E-state index contributed by atoms with van der Waals surface area (Å²) in [6.45, 7) is -0.226. The fourth-order valence-electron chi connectivity index (χ4n) is 3.43. The number of aromatic hydroxyl groups is 1. The van der Waals surface area contributed by atoms with Gasteiger partial charge in [0.05, 0.1) is 5.56 Å². The van der Waals surface area contributed by atoms with Crippen molar-refractivity contribution < 1.29 is 29.0 Å². The Hall–Kier alpha value is -4.77. The van der Waals surface area contributed by atoms with Crippen LogP contribution < -0.4 is 10.7 Å². The molecule has 1 aliphatic carbocycles. The Bertz CT molecular complexity index is 1450. The van der Waals surface area contributed by atoms with Gasteiger partial charge in [0.2, 0.25) is 0 Å². The maximum atomic E-state index is 12.1. The molecule has 0 fully saturated rings. The van der Waals surface area contributed by atoms with Crippen molar-refractivity contribution in [3.63, 3.8) is 0 Å². The van der Waals surface area contributed by atoms with Gasteiger partial charge in [0.15, 0.2) is 12.0 Å². The van der Waals surface area contributed by atoms with E-state index in [-0.39, 0.29) is 40.4 Å². The Labute approximate surface area is 181 Å². The number of amides is 1. The highest BCUT2D eigenvalue weighted by Gasteiger charge is 2.22. The molecule has 0 unspecified atom stereocenters. The van der Waals surface area contributed by atoms with Crippen molar-refractivity contribution in [1.29, 1.82) is 0 Å². The molecule has 1 aliphatic heterocycles. The van der Waals surface area contributed by atoms with Crippen molar-refractivity contribution in [2.24, 2.45) is 0 Å². The third-order valence-electron chi connectivity index (χ3n) is 4.73. The Morgan fingerprint density at radius 1 is 1.06 bits per heavy atom. The number of phenols is 1. The number of terminal acetylenes is 1. The van der Waals surface area contributed by atoms with Crippen LogP contribution in [0.15, 0.2) is 63.8 Å². The highest BCUT2D eigenvalue weighted by atomic mass is 16.5. The summed E-state index contributed by atoms with van der Waals surface area (Å²) in [4.78, 5) is 35.7. The average molecular weight is 429 g/mol. The molecule has 0 radical (unpaired) electrons. The highest BCUT2D eigenvalue weighted by molar-refractivity contribution is 6.08. The fourth-order valence-corrected chi connectivity index (χ4v) is 3.43. The number of carboxylic acids is 1. The lowest BCUT2D eigenvalue weighted by Gasteiger charge is -2.17. The largest absolute Gasteiger partial charge is 0.508 e. The second kappa shape index (κ2) is 8.16. The first-order chi connectivity index (χ1) is 15.4. The minimum Gasteiger partial charge on any atom is -0.508 e. The van der Waals surface area contributed by atoms with E-state index in [9.17, 15) is 24.6 Å². The number of carboxylic acid groups (broad SMARTS) is 1. The average Bonchev–Trinajstić information content (AvgIpc) is 2.76. The number of aromatic carboxylic acids is 1. The number of carbonyl (C=O) groups excluding carboxylic acids is 1. The van der Waals surface area contributed by atoms with Crippen LogP contribution in [0, 0.1) is 12.3 Å². The summed E-state index contributed by atoms with van der Waals surface area (Å²) in [6.07, 6.45) is 4.23. The van der Waals surface area contributed by atoms with Crippen LogP contribution >= 0.6 is 0 Å². The van der Waals surface area contributed by atoms with Crippen molar-refractivity contribution in [2.75, 3.05) is 11.9 Å². The van der Waals surface area contributed by atoms with E-state index < -0.39 is 12.1 Å². The van der Waals surface area contributed by atoms with E-state index in [1.165, 1.54) is 42.5 Å². The molecule has 1 amide bonds. The van der Waals surface area contributed by atoms with Gasteiger partial charge in [-0.05, 0) is 42.0 Å². The minimum absolute atomic E-state index is 0.0479. The minimum atomic E-state index is -1.23. The maximum Gasteiger partial charge on any atom is 0.412 e. The molecule has 4 rings (SSSR count). The zero-order valence-electron chi connectivity index (χ0n) is 16.4. The van der Waals surface area contributed by atoms with Gasteiger partial charge in [-0.2, -0.15) is 0 Å². The quantitative estimate of drug-likeness (QED) is 0.329. The first kappa shape index (κ1) is 20.5. The number of hydrogen-bond acceptors (Lipinski definition) is 6. The molecule has 0 atom stereocenters. The lowest BCUT2D eigenvalue weighted by Crippen LogP contribution is -2.14. The summed E-state index contributed by atoms with van der Waals surface area (Å²) in [5, 5.41) is 22.7. The van der Waals surface area contributed by atoms with Gasteiger partial charge in [-0.1, -0.05) is 12.0 Å². The molecule has 2 aromatic rings. The molecule has 3 N–H and O–H groups in total. The molecule has 0 spiro atoms. The monoisotopic (exact) mass is 429 g/mol. The second-order valence-corrected chi connectivity index (χ2v) is 6.79. The number of phenolic OH excluding ortho intramolecular Hbond substituents is 1. The van der Waals surface area contributed by atoms with E-state index in [1.807, 2.05) is 0 Å². The number of anilines is 1.